The summed E-state index contributed by atoms with van der Waals surface area (Å²) in [5, 5.41) is 16.4. The van der Waals surface area contributed by atoms with Crippen molar-refractivity contribution in [2.75, 3.05) is 19.7 Å². The lowest BCUT2D eigenvalue weighted by atomic mass is 10.1. The van der Waals surface area contributed by atoms with Gasteiger partial charge in [-0.1, -0.05) is 41.4 Å². The van der Waals surface area contributed by atoms with Gasteiger partial charge in [-0.25, -0.2) is 0 Å². The fourth-order valence-electron chi connectivity index (χ4n) is 2.50. The quantitative estimate of drug-likeness (QED) is 0.577. The molecule has 2 amide bonds. The van der Waals surface area contributed by atoms with E-state index in [-0.39, 0.29) is 29.6 Å². The summed E-state index contributed by atoms with van der Waals surface area (Å²) in [6, 6.07) is 13.2. The van der Waals surface area contributed by atoms with Crippen molar-refractivity contribution in [3.63, 3.8) is 0 Å². The molecule has 2 rings (SSSR count). The first kappa shape index (κ1) is 22.2. The third kappa shape index (κ3) is 6.49. The molecule has 0 radical (unpaired) electrons. The molecule has 0 fully saturated rings. The first-order valence-corrected chi connectivity index (χ1v) is 9.54. The van der Waals surface area contributed by atoms with E-state index in [1.807, 2.05) is 6.07 Å². The molecule has 2 aromatic carbocycles. The SMILES string of the molecule is CCO[C@H](CNC(=O)c1ccc(Cl)cc1Cl)[C@@H](O)CNC(=O)c1ccccc1. The highest BCUT2D eigenvalue weighted by atomic mass is 35.5. The highest BCUT2D eigenvalue weighted by molar-refractivity contribution is 6.36. The number of carbonyl (C=O) groups is 2. The molecule has 0 aliphatic rings. The Labute approximate surface area is 173 Å². The smallest absolute Gasteiger partial charge is 0.252 e. The van der Waals surface area contributed by atoms with Crippen LogP contribution in [0.4, 0.5) is 0 Å². The van der Waals surface area contributed by atoms with Crippen molar-refractivity contribution in [3.8, 4) is 0 Å². The minimum atomic E-state index is -1.01. The third-order valence-electron chi connectivity index (χ3n) is 3.96. The predicted octanol–water partition coefficient (Wildman–Crippen LogP) is 2.92. The molecule has 0 saturated carbocycles. The molecule has 0 bridgehead atoms. The molecule has 0 aliphatic heterocycles. The summed E-state index contributed by atoms with van der Waals surface area (Å²) in [4.78, 5) is 24.4. The van der Waals surface area contributed by atoms with Crippen molar-refractivity contribution in [2.24, 2.45) is 0 Å². The molecule has 3 N–H and O–H groups in total. The minimum Gasteiger partial charge on any atom is -0.388 e. The van der Waals surface area contributed by atoms with Crippen molar-refractivity contribution in [2.45, 2.75) is 19.1 Å². The number of hydrogen-bond donors (Lipinski definition) is 3. The molecule has 0 heterocycles. The van der Waals surface area contributed by atoms with Crippen LogP contribution in [0.3, 0.4) is 0 Å². The Hall–Kier alpha value is -2.12. The molecular weight excluding hydrogens is 403 g/mol. The zero-order valence-electron chi connectivity index (χ0n) is 15.3. The number of carbonyl (C=O) groups excluding carboxylic acids is 2. The van der Waals surface area contributed by atoms with Crippen LogP contribution in [0, 0.1) is 0 Å². The number of halogens is 2. The Morgan fingerprint density at radius 3 is 2.36 bits per heavy atom. The van der Waals surface area contributed by atoms with Gasteiger partial charge in [-0.05, 0) is 37.3 Å². The van der Waals surface area contributed by atoms with Gasteiger partial charge in [0, 0.05) is 30.3 Å². The summed E-state index contributed by atoms with van der Waals surface area (Å²) < 4.78 is 5.51. The van der Waals surface area contributed by atoms with Crippen LogP contribution < -0.4 is 10.6 Å². The number of amides is 2. The van der Waals surface area contributed by atoms with Crippen LogP contribution >= 0.6 is 23.2 Å². The Morgan fingerprint density at radius 1 is 1.04 bits per heavy atom. The Kier molecular flexibility index (Phi) is 8.73. The zero-order chi connectivity index (χ0) is 20.5. The molecule has 8 heteroatoms. The number of aliphatic hydroxyl groups is 1. The van der Waals surface area contributed by atoms with Gasteiger partial charge in [-0.15, -0.1) is 0 Å². The van der Waals surface area contributed by atoms with Crippen molar-refractivity contribution in [3.05, 3.63) is 69.7 Å². The molecule has 0 spiro atoms. The molecule has 28 heavy (non-hydrogen) atoms. The first-order valence-electron chi connectivity index (χ1n) is 8.78. The van der Waals surface area contributed by atoms with Gasteiger partial charge in [-0.2, -0.15) is 0 Å². The molecule has 6 nitrogen and oxygen atoms in total. The van der Waals surface area contributed by atoms with E-state index >= 15 is 0 Å². The Morgan fingerprint density at radius 2 is 1.71 bits per heavy atom. The Bertz CT molecular complexity index is 802. The molecule has 0 aliphatic carbocycles. The van der Waals surface area contributed by atoms with E-state index in [0.717, 1.165) is 0 Å². The van der Waals surface area contributed by atoms with E-state index in [9.17, 15) is 14.7 Å². The lowest BCUT2D eigenvalue weighted by Gasteiger charge is -2.23. The summed E-state index contributed by atoms with van der Waals surface area (Å²) in [7, 11) is 0. The largest absolute Gasteiger partial charge is 0.388 e. The van der Waals surface area contributed by atoms with Crippen LogP contribution in [-0.2, 0) is 4.74 Å². The van der Waals surface area contributed by atoms with E-state index < -0.39 is 18.1 Å². The van der Waals surface area contributed by atoms with Crippen molar-refractivity contribution in [1.29, 1.82) is 0 Å². The van der Waals surface area contributed by atoms with Gasteiger partial charge in [0.25, 0.3) is 11.8 Å². The number of hydrogen-bond acceptors (Lipinski definition) is 4. The number of benzene rings is 2. The lowest BCUT2D eigenvalue weighted by molar-refractivity contribution is -0.0287. The normalized spacial score (nSPS) is 12.9. The summed E-state index contributed by atoms with van der Waals surface area (Å²) in [5.41, 5.74) is 0.765. The van der Waals surface area contributed by atoms with Gasteiger partial charge in [0.15, 0.2) is 0 Å². The van der Waals surface area contributed by atoms with E-state index in [4.69, 9.17) is 27.9 Å². The Balaban J connectivity index is 1.90. The summed E-state index contributed by atoms with van der Waals surface area (Å²) >= 11 is 11.9. The standard InChI is InChI=1S/C20H22Cl2N2O4/c1-2-28-18(12-24-20(27)15-9-8-14(21)10-16(15)22)17(25)11-23-19(26)13-6-4-3-5-7-13/h3-10,17-18,25H,2,11-12H2,1H3,(H,23,26)(H,24,27)/t17-,18+/m0/s1. The summed E-state index contributed by atoms with van der Waals surface area (Å²) in [5.74, 6) is -0.709. The van der Waals surface area contributed by atoms with Gasteiger partial charge < -0.3 is 20.5 Å². The minimum absolute atomic E-state index is 0.0179. The summed E-state index contributed by atoms with van der Waals surface area (Å²) in [6.45, 7) is 2.15. The van der Waals surface area contributed by atoms with Crippen molar-refractivity contribution >= 4 is 35.0 Å². The van der Waals surface area contributed by atoms with Crippen molar-refractivity contribution in [1.82, 2.24) is 10.6 Å². The van der Waals surface area contributed by atoms with Crippen LogP contribution in [0.1, 0.15) is 27.6 Å². The highest BCUT2D eigenvalue weighted by Gasteiger charge is 2.22. The topological polar surface area (TPSA) is 87.7 Å². The maximum absolute atomic E-state index is 12.3. The molecule has 2 atom stereocenters. The molecule has 0 saturated heterocycles. The van der Waals surface area contributed by atoms with Gasteiger partial charge in [0.05, 0.1) is 16.7 Å². The maximum Gasteiger partial charge on any atom is 0.252 e. The molecular formula is C20H22Cl2N2O4. The number of rotatable bonds is 9. The second-order valence-electron chi connectivity index (χ2n) is 5.97. The van der Waals surface area contributed by atoms with Gasteiger partial charge in [0.2, 0.25) is 0 Å². The van der Waals surface area contributed by atoms with E-state index in [1.165, 1.54) is 12.1 Å². The number of aliphatic hydroxyl groups excluding tert-OH is 1. The van der Waals surface area contributed by atoms with E-state index in [0.29, 0.717) is 17.2 Å². The predicted molar refractivity (Wildman–Crippen MR) is 109 cm³/mol. The van der Waals surface area contributed by atoms with Crippen LogP contribution in [0.15, 0.2) is 48.5 Å². The molecule has 0 unspecified atom stereocenters. The second kappa shape index (κ2) is 11.0. The lowest BCUT2D eigenvalue weighted by Crippen LogP contribution is -2.46. The maximum atomic E-state index is 12.3. The number of ether oxygens (including phenoxy) is 1. The van der Waals surface area contributed by atoms with Crippen LogP contribution in [-0.4, -0.2) is 48.8 Å². The fraction of sp³-hybridized carbons (Fsp3) is 0.300. The fourth-order valence-corrected chi connectivity index (χ4v) is 3.00. The highest BCUT2D eigenvalue weighted by Crippen LogP contribution is 2.20. The van der Waals surface area contributed by atoms with Crippen LogP contribution in [0.5, 0.6) is 0 Å². The number of nitrogens with one attached hydrogen (secondary N) is 2. The monoisotopic (exact) mass is 424 g/mol. The van der Waals surface area contributed by atoms with Gasteiger partial charge in [0.1, 0.15) is 6.10 Å². The van der Waals surface area contributed by atoms with Gasteiger partial charge in [-0.3, -0.25) is 9.59 Å². The van der Waals surface area contributed by atoms with E-state index in [1.54, 1.807) is 37.3 Å². The second-order valence-corrected chi connectivity index (χ2v) is 6.82. The average molecular weight is 425 g/mol. The summed E-state index contributed by atoms with van der Waals surface area (Å²) in [6.07, 6.45) is -1.70. The van der Waals surface area contributed by atoms with Crippen molar-refractivity contribution < 1.29 is 19.4 Å². The molecule has 0 aromatic heterocycles. The molecule has 150 valence electrons. The zero-order valence-corrected chi connectivity index (χ0v) is 16.8. The third-order valence-corrected chi connectivity index (χ3v) is 4.51. The van der Waals surface area contributed by atoms with Crippen LogP contribution in [0.2, 0.25) is 10.0 Å². The van der Waals surface area contributed by atoms with Gasteiger partial charge >= 0.3 is 0 Å². The van der Waals surface area contributed by atoms with E-state index in [2.05, 4.69) is 10.6 Å². The molecule has 2 aromatic rings. The first-order chi connectivity index (χ1) is 13.4. The average Bonchev–Trinajstić information content (AvgIpc) is 2.69. The van der Waals surface area contributed by atoms with Crippen LogP contribution in [0.25, 0.3) is 0 Å².